The van der Waals surface area contributed by atoms with Crippen molar-refractivity contribution in [2.24, 2.45) is 0 Å². The van der Waals surface area contributed by atoms with E-state index in [9.17, 15) is 8.42 Å². The molecule has 0 aromatic heterocycles. The Bertz CT molecular complexity index is 399. The number of para-hydroxylation sites is 1. The van der Waals surface area contributed by atoms with Gasteiger partial charge >= 0.3 is 0 Å². The van der Waals surface area contributed by atoms with Gasteiger partial charge in [-0.3, -0.25) is 0 Å². The zero-order chi connectivity index (χ0) is 10.0. The van der Waals surface area contributed by atoms with E-state index in [2.05, 4.69) is 0 Å². The summed E-state index contributed by atoms with van der Waals surface area (Å²) in [6.45, 7) is 0.837. The molecule has 0 N–H and O–H groups in total. The van der Waals surface area contributed by atoms with Crippen LogP contribution in [0.4, 0.5) is 5.69 Å². The molecule has 0 unspecified atom stereocenters. The Morgan fingerprint density at radius 2 is 1.86 bits per heavy atom. The Kier molecular flexibility index (Phi) is 2.46. The van der Waals surface area contributed by atoms with Crippen LogP contribution < -0.4 is 4.90 Å². The minimum absolute atomic E-state index is 0.164. The molecule has 3 nitrogen and oxygen atoms in total. The van der Waals surface area contributed by atoms with Crippen LogP contribution in [-0.4, -0.2) is 26.6 Å². The van der Waals surface area contributed by atoms with Crippen LogP contribution in [0.5, 0.6) is 0 Å². The molecule has 1 aliphatic rings. The molecule has 0 amide bonds. The average molecular weight is 211 g/mol. The summed E-state index contributed by atoms with van der Waals surface area (Å²) in [6, 6.07) is 9.68. The molecule has 4 heteroatoms. The quantitative estimate of drug-likeness (QED) is 0.702. The Morgan fingerprint density at radius 1 is 1.14 bits per heavy atom. The van der Waals surface area contributed by atoms with Crippen molar-refractivity contribution >= 4 is 15.5 Å². The number of anilines is 1. The Morgan fingerprint density at radius 3 is 2.50 bits per heavy atom. The number of benzene rings is 1. The van der Waals surface area contributed by atoms with Crippen molar-refractivity contribution in [1.82, 2.24) is 0 Å². The molecule has 0 bridgehead atoms. The zero-order valence-electron chi connectivity index (χ0n) is 7.89. The first-order chi connectivity index (χ1) is 6.67. The fourth-order valence-corrected chi connectivity index (χ4v) is 3.14. The SMILES string of the molecule is O=S1(=O)CCCN(c2ccccc2)C1. The third-order valence-electron chi connectivity index (χ3n) is 2.36. The molecular weight excluding hydrogens is 198 g/mol. The predicted octanol–water partition coefficient (Wildman–Crippen LogP) is 1.27. The number of hydrogen-bond donors (Lipinski definition) is 0. The van der Waals surface area contributed by atoms with Crippen molar-refractivity contribution in [3.63, 3.8) is 0 Å². The molecule has 76 valence electrons. The summed E-state index contributed by atoms with van der Waals surface area (Å²) in [5.74, 6) is 0.493. The van der Waals surface area contributed by atoms with E-state index in [4.69, 9.17) is 0 Å². The van der Waals surface area contributed by atoms with Crippen LogP contribution in [0.3, 0.4) is 0 Å². The van der Waals surface area contributed by atoms with Crippen molar-refractivity contribution in [3.05, 3.63) is 30.3 Å². The third-order valence-corrected chi connectivity index (χ3v) is 3.97. The minimum atomic E-state index is -2.85. The Balaban J connectivity index is 2.21. The molecule has 1 heterocycles. The molecule has 1 aromatic rings. The smallest absolute Gasteiger partial charge is 0.168 e. The zero-order valence-corrected chi connectivity index (χ0v) is 8.70. The molecule has 0 radical (unpaired) electrons. The highest BCUT2D eigenvalue weighted by Gasteiger charge is 2.22. The second kappa shape index (κ2) is 3.61. The van der Waals surface area contributed by atoms with Crippen LogP contribution in [-0.2, 0) is 9.84 Å². The Labute approximate surface area is 84.3 Å². The highest BCUT2D eigenvalue weighted by molar-refractivity contribution is 7.91. The van der Waals surface area contributed by atoms with E-state index in [0.29, 0.717) is 5.75 Å². The van der Waals surface area contributed by atoms with Crippen LogP contribution in [0.15, 0.2) is 30.3 Å². The molecule has 1 saturated heterocycles. The van der Waals surface area contributed by atoms with Crippen LogP contribution in [0.1, 0.15) is 6.42 Å². The van der Waals surface area contributed by atoms with Crippen LogP contribution >= 0.6 is 0 Å². The summed E-state index contributed by atoms with van der Waals surface area (Å²) in [7, 11) is -2.85. The molecule has 0 atom stereocenters. The second-order valence-electron chi connectivity index (χ2n) is 3.53. The van der Waals surface area contributed by atoms with Gasteiger partial charge in [0.15, 0.2) is 9.84 Å². The average Bonchev–Trinajstić information content (AvgIpc) is 2.18. The first kappa shape index (κ1) is 9.52. The summed E-state index contributed by atoms with van der Waals surface area (Å²) >= 11 is 0. The second-order valence-corrected chi connectivity index (χ2v) is 5.68. The van der Waals surface area contributed by atoms with Crippen molar-refractivity contribution in [3.8, 4) is 0 Å². The van der Waals surface area contributed by atoms with Crippen LogP contribution in [0.25, 0.3) is 0 Å². The van der Waals surface area contributed by atoms with Gasteiger partial charge in [-0.25, -0.2) is 8.42 Å². The number of sulfone groups is 1. The lowest BCUT2D eigenvalue weighted by molar-refractivity contribution is 0.581. The maximum atomic E-state index is 11.4. The first-order valence-electron chi connectivity index (χ1n) is 4.68. The fourth-order valence-electron chi connectivity index (χ4n) is 1.68. The molecule has 0 spiro atoms. The van der Waals surface area contributed by atoms with Gasteiger partial charge in [-0.1, -0.05) is 18.2 Å². The minimum Gasteiger partial charge on any atom is -0.357 e. The van der Waals surface area contributed by atoms with E-state index in [0.717, 1.165) is 18.7 Å². The largest absolute Gasteiger partial charge is 0.357 e. The molecule has 14 heavy (non-hydrogen) atoms. The van der Waals surface area contributed by atoms with Gasteiger partial charge in [-0.15, -0.1) is 0 Å². The van der Waals surface area contributed by atoms with E-state index < -0.39 is 9.84 Å². The van der Waals surface area contributed by atoms with Gasteiger partial charge in [0.05, 0.1) is 5.75 Å². The summed E-state index contributed by atoms with van der Waals surface area (Å²) in [5, 5.41) is 0. The molecule has 0 aliphatic carbocycles. The third kappa shape index (κ3) is 2.07. The lowest BCUT2D eigenvalue weighted by Crippen LogP contribution is -2.37. The van der Waals surface area contributed by atoms with Gasteiger partial charge in [0.25, 0.3) is 0 Å². The molecular formula is C10H13NO2S. The Hall–Kier alpha value is -1.03. The van der Waals surface area contributed by atoms with E-state index in [-0.39, 0.29) is 5.88 Å². The van der Waals surface area contributed by atoms with Crippen molar-refractivity contribution in [1.29, 1.82) is 0 Å². The van der Waals surface area contributed by atoms with Crippen molar-refractivity contribution in [2.45, 2.75) is 6.42 Å². The molecule has 0 saturated carbocycles. The highest BCUT2D eigenvalue weighted by Crippen LogP contribution is 2.18. The molecule has 2 rings (SSSR count). The topological polar surface area (TPSA) is 37.4 Å². The summed E-state index contributed by atoms with van der Waals surface area (Å²) in [5.41, 5.74) is 0.996. The van der Waals surface area contributed by atoms with Gasteiger partial charge < -0.3 is 4.90 Å². The lowest BCUT2D eigenvalue weighted by Gasteiger charge is -2.28. The number of rotatable bonds is 1. The van der Waals surface area contributed by atoms with Crippen LogP contribution in [0.2, 0.25) is 0 Å². The molecule has 1 aromatic carbocycles. The normalized spacial score (nSPS) is 20.7. The van der Waals surface area contributed by atoms with Gasteiger partial charge in [-0.05, 0) is 18.6 Å². The van der Waals surface area contributed by atoms with Crippen LogP contribution in [0, 0.1) is 0 Å². The first-order valence-corrected chi connectivity index (χ1v) is 6.50. The van der Waals surface area contributed by atoms with Gasteiger partial charge in [-0.2, -0.15) is 0 Å². The monoisotopic (exact) mass is 211 g/mol. The highest BCUT2D eigenvalue weighted by atomic mass is 32.2. The van der Waals surface area contributed by atoms with Crippen molar-refractivity contribution in [2.75, 3.05) is 23.1 Å². The van der Waals surface area contributed by atoms with E-state index >= 15 is 0 Å². The standard InChI is InChI=1S/C10H13NO2S/c12-14(13)8-4-7-11(9-14)10-5-2-1-3-6-10/h1-3,5-6H,4,7-9H2. The van der Waals surface area contributed by atoms with E-state index in [1.807, 2.05) is 35.2 Å². The van der Waals surface area contributed by atoms with E-state index in [1.165, 1.54) is 0 Å². The predicted molar refractivity (Wildman–Crippen MR) is 57.1 cm³/mol. The molecule has 1 fully saturated rings. The summed E-state index contributed by atoms with van der Waals surface area (Å²) in [6.07, 6.45) is 0.733. The molecule has 1 aliphatic heterocycles. The fraction of sp³-hybridized carbons (Fsp3) is 0.400. The van der Waals surface area contributed by atoms with Gasteiger partial charge in [0.2, 0.25) is 0 Å². The summed E-state index contributed by atoms with van der Waals surface area (Å²) in [4.78, 5) is 1.92. The van der Waals surface area contributed by atoms with E-state index in [1.54, 1.807) is 0 Å². The van der Waals surface area contributed by atoms with Gasteiger partial charge in [0.1, 0.15) is 5.88 Å². The number of nitrogens with zero attached hydrogens (tertiary/aromatic N) is 1. The van der Waals surface area contributed by atoms with Gasteiger partial charge in [0, 0.05) is 12.2 Å². The maximum absolute atomic E-state index is 11.4. The lowest BCUT2D eigenvalue weighted by atomic mass is 10.3. The summed E-state index contributed by atoms with van der Waals surface area (Å²) < 4.78 is 22.8. The van der Waals surface area contributed by atoms with Crippen molar-refractivity contribution < 1.29 is 8.42 Å². The maximum Gasteiger partial charge on any atom is 0.168 e. The number of hydrogen-bond acceptors (Lipinski definition) is 3.